The van der Waals surface area contributed by atoms with Gasteiger partial charge in [0, 0.05) is 25.0 Å². The fraction of sp³-hybridized carbons (Fsp3) is 0.333. The number of carbonyl (C=O) groups is 1. The van der Waals surface area contributed by atoms with Crippen molar-refractivity contribution in [3.05, 3.63) is 64.6 Å². The van der Waals surface area contributed by atoms with Gasteiger partial charge in [0.2, 0.25) is 0 Å². The number of nitrogens with zero attached hydrogens (tertiary/aromatic N) is 3. The van der Waals surface area contributed by atoms with Gasteiger partial charge in [0.05, 0.1) is 23.0 Å². The average molecular weight is 346 g/mol. The van der Waals surface area contributed by atoms with Gasteiger partial charge in [0.1, 0.15) is 0 Å². The zero-order valence-corrected chi connectivity index (χ0v) is 15.1. The maximum absolute atomic E-state index is 12.9. The number of pyridine rings is 1. The number of imidazole rings is 1. The molecule has 0 aliphatic carbocycles. The summed E-state index contributed by atoms with van der Waals surface area (Å²) in [6.45, 7) is 5.82. The van der Waals surface area contributed by atoms with Crippen LogP contribution in [0.3, 0.4) is 0 Å². The summed E-state index contributed by atoms with van der Waals surface area (Å²) in [6, 6.07) is 10.8. The zero-order valence-electron chi connectivity index (χ0n) is 15.1. The monoisotopic (exact) mass is 346 g/mol. The van der Waals surface area contributed by atoms with E-state index in [2.05, 4.69) is 40.9 Å². The molecule has 2 aliphatic rings. The van der Waals surface area contributed by atoms with Crippen LogP contribution >= 0.6 is 0 Å². The highest BCUT2D eigenvalue weighted by Gasteiger charge is 2.32. The van der Waals surface area contributed by atoms with Crippen molar-refractivity contribution in [1.82, 2.24) is 14.3 Å². The molecule has 0 radical (unpaired) electrons. The van der Waals surface area contributed by atoms with E-state index in [-0.39, 0.29) is 11.9 Å². The molecule has 0 bridgehead atoms. The van der Waals surface area contributed by atoms with Gasteiger partial charge in [0.25, 0.3) is 5.91 Å². The van der Waals surface area contributed by atoms with Gasteiger partial charge in [-0.05, 0) is 37.8 Å². The minimum atomic E-state index is 0.147. The molecule has 2 aromatic heterocycles. The number of hydrogen-bond acceptors (Lipinski definition) is 3. The van der Waals surface area contributed by atoms with Crippen LogP contribution in [-0.2, 0) is 6.42 Å². The third-order valence-corrected chi connectivity index (χ3v) is 5.66. The third kappa shape index (κ3) is 2.30. The molecule has 1 aromatic carbocycles. The Morgan fingerprint density at radius 2 is 1.96 bits per heavy atom. The summed E-state index contributed by atoms with van der Waals surface area (Å²) in [5.41, 5.74) is 7.26. The first-order valence-electron chi connectivity index (χ1n) is 9.25. The SMILES string of the molecule is Cc1nc2c3c(c(C(=O)N4CC4)cn2c1C)CCC(c1ccccc1)N3. The van der Waals surface area contributed by atoms with Crippen LogP contribution in [0.1, 0.15) is 45.3 Å². The maximum Gasteiger partial charge on any atom is 0.255 e. The molecule has 4 heterocycles. The summed E-state index contributed by atoms with van der Waals surface area (Å²) in [4.78, 5) is 19.5. The molecule has 3 aromatic rings. The molecular formula is C21H22N4O. The van der Waals surface area contributed by atoms with Crippen molar-refractivity contribution in [3.8, 4) is 0 Å². The van der Waals surface area contributed by atoms with E-state index in [1.54, 1.807) is 0 Å². The topological polar surface area (TPSA) is 49.4 Å². The number of amides is 1. The molecule has 5 rings (SSSR count). The number of nitrogens with one attached hydrogen (secondary N) is 1. The first kappa shape index (κ1) is 15.4. The minimum Gasteiger partial charge on any atom is -0.375 e. The Hall–Kier alpha value is -2.82. The predicted molar refractivity (Wildman–Crippen MR) is 102 cm³/mol. The summed E-state index contributed by atoms with van der Waals surface area (Å²) < 4.78 is 2.07. The fourth-order valence-electron chi connectivity index (χ4n) is 3.93. The molecule has 0 saturated carbocycles. The largest absolute Gasteiger partial charge is 0.375 e. The predicted octanol–water partition coefficient (Wildman–Crippen LogP) is 3.51. The van der Waals surface area contributed by atoms with Crippen LogP contribution < -0.4 is 5.32 Å². The quantitative estimate of drug-likeness (QED) is 0.723. The molecule has 1 saturated heterocycles. The molecule has 2 aliphatic heterocycles. The highest BCUT2D eigenvalue weighted by Crippen LogP contribution is 2.38. The van der Waals surface area contributed by atoms with E-state index in [4.69, 9.17) is 4.98 Å². The van der Waals surface area contributed by atoms with Crippen LogP contribution in [0.4, 0.5) is 5.69 Å². The summed E-state index contributed by atoms with van der Waals surface area (Å²) in [5, 5.41) is 3.70. The first-order valence-corrected chi connectivity index (χ1v) is 9.25. The molecule has 1 fully saturated rings. The summed E-state index contributed by atoms with van der Waals surface area (Å²) in [7, 11) is 0. The van der Waals surface area contributed by atoms with Crippen molar-refractivity contribution in [1.29, 1.82) is 0 Å². The molecular weight excluding hydrogens is 324 g/mol. The van der Waals surface area contributed by atoms with Crippen LogP contribution in [0.2, 0.25) is 0 Å². The number of benzene rings is 1. The van der Waals surface area contributed by atoms with Gasteiger partial charge < -0.3 is 14.6 Å². The highest BCUT2D eigenvalue weighted by atomic mass is 16.2. The van der Waals surface area contributed by atoms with Crippen molar-refractivity contribution in [2.75, 3.05) is 18.4 Å². The molecule has 1 amide bonds. The number of fused-ring (bicyclic) bond motifs is 3. The van der Waals surface area contributed by atoms with Crippen LogP contribution in [0, 0.1) is 13.8 Å². The lowest BCUT2D eigenvalue weighted by Crippen LogP contribution is -2.23. The second-order valence-corrected chi connectivity index (χ2v) is 7.31. The van der Waals surface area contributed by atoms with E-state index in [9.17, 15) is 4.79 Å². The van der Waals surface area contributed by atoms with Gasteiger partial charge in [0.15, 0.2) is 5.65 Å². The molecule has 0 spiro atoms. The Bertz CT molecular complexity index is 1020. The number of anilines is 1. The van der Waals surface area contributed by atoms with E-state index in [0.717, 1.165) is 59.8 Å². The zero-order chi connectivity index (χ0) is 17.8. The Kier molecular flexibility index (Phi) is 3.32. The molecule has 26 heavy (non-hydrogen) atoms. The van der Waals surface area contributed by atoms with Crippen molar-refractivity contribution in [3.63, 3.8) is 0 Å². The Morgan fingerprint density at radius 1 is 1.19 bits per heavy atom. The molecule has 5 nitrogen and oxygen atoms in total. The lowest BCUT2D eigenvalue weighted by molar-refractivity contribution is 0.0884. The highest BCUT2D eigenvalue weighted by molar-refractivity contribution is 5.99. The van der Waals surface area contributed by atoms with Crippen LogP contribution in [0.15, 0.2) is 36.5 Å². The van der Waals surface area contributed by atoms with Crippen LogP contribution in [0.5, 0.6) is 0 Å². The average Bonchev–Trinajstić information content (AvgIpc) is 3.48. The molecule has 1 atom stereocenters. The second kappa shape index (κ2) is 5.59. The van der Waals surface area contributed by atoms with Gasteiger partial charge in [-0.3, -0.25) is 4.79 Å². The third-order valence-electron chi connectivity index (χ3n) is 5.66. The standard InChI is InChI=1S/C21H22N4O/c1-13-14(2)25-12-17(21(26)24-10-11-24)16-8-9-18(15-6-4-3-5-7-15)23-19(16)20(25)22-13/h3-7,12,18,23H,8-11H2,1-2H3. The van der Waals surface area contributed by atoms with E-state index in [1.165, 1.54) is 5.56 Å². The summed E-state index contributed by atoms with van der Waals surface area (Å²) in [6.07, 6.45) is 3.86. The minimum absolute atomic E-state index is 0.147. The van der Waals surface area contributed by atoms with E-state index < -0.39 is 0 Å². The summed E-state index contributed by atoms with van der Waals surface area (Å²) in [5.74, 6) is 0.147. The van der Waals surface area contributed by atoms with Crippen molar-refractivity contribution in [2.24, 2.45) is 0 Å². The van der Waals surface area contributed by atoms with E-state index in [1.807, 2.05) is 24.1 Å². The van der Waals surface area contributed by atoms with Gasteiger partial charge >= 0.3 is 0 Å². The summed E-state index contributed by atoms with van der Waals surface area (Å²) >= 11 is 0. The van der Waals surface area contributed by atoms with Crippen molar-refractivity contribution >= 4 is 17.2 Å². The normalized spacial score (nSPS) is 18.5. The number of rotatable bonds is 2. The van der Waals surface area contributed by atoms with Crippen molar-refractivity contribution < 1.29 is 4.79 Å². The lowest BCUT2D eigenvalue weighted by atomic mass is 9.91. The Labute approximate surface area is 152 Å². The molecule has 5 heteroatoms. The van der Waals surface area contributed by atoms with Gasteiger partial charge in [-0.25, -0.2) is 4.98 Å². The fourth-order valence-corrected chi connectivity index (χ4v) is 3.93. The number of aromatic nitrogens is 2. The maximum atomic E-state index is 12.9. The van der Waals surface area contributed by atoms with Gasteiger partial charge in [-0.2, -0.15) is 0 Å². The number of aryl methyl sites for hydroxylation is 2. The number of carbonyl (C=O) groups excluding carboxylic acids is 1. The Balaban J connectivity index is 1.68. The smallest absolute Gasteiger partial charge is 0.255 e. The molecule has 1 N–H and O–H groups in total. The lowest BCUT2D eigenvalue weighted by Gasteiger charge is -2.29. The Morgan fingerprint density at radius 3 is 2.69 bits per heavy atom. The van der Waals surface area contributed by atoms with Gasteiger partial charge in [-0.1, -0.05) is 30.3 Å². The first-order chi connectivity index (χ1) is 12.6. The van der Waals surface area contributed by atoms with Crippen LogP contribution in [-0.4, -0.2) is 33.3 Å². The molecule has 1 unspecified atom stereocenters. The van der Waals surface area contributed by atoms with Crippen molar-refractivity contribution in [2.45, 2.75) is 32.7 Å². The van der Waals surface area contributed by atoms with Crippen LogP contribution in [0.25, 0.3) is 5.65 Å². The number of hydrogen-bond donors (Lipinski definition) is 1. The van der Waals surface area contributed by atoms with E-state index >= 15 is 0 Å². The molecule has 132 valence electrons. The van der Waals surface area contributed by atoms with Gasteiger partial charge in [-0.15, -0.1) is 0 Å². The second-order valence-electron chi connectivity index (χ2n) is 7.31. The van der Waals surface area contributed by atoms with E-state index in [0.29, 0.717) is 0 Å².